The van der Waals surface area contributed by atoms with Crippen LogP contribution in [0.2, 0.25) is 0 Å². The fourth-order valence-electron chi connectivity index (χ4n) is 4.08. The van der Waals surface area contributed by atoms with E-state index < -0.39 is 17.6 Å². The second-order valence-corrected chi connectivity index (χ2v) is 8.50. The molecule has 1 aliphatic rings. The summed E-state index contributed by atoms with van der Waals surface area (Å²) < 4.78 is 39.9. The zero-order valence-corrected chi connectivity index (χ0v) is 19.8. The molecule has 2 heterocycles. The number of benzene rings is 2. The number of hydrogen-bond donors (Lipinski definition) is 1. The molecule has 0 atom stereocenters. The molecule has 2 aromatic carbocycles. The fraction of sp³-hybridized carbons (Fsp3) is 0.308. The molecule has 7 nitrogen and oxygen atoms in total. The maximum atomic E-state index is 13.3. The molecule has 0 spiro atoms. The van der Waals surface area contributed by atoms with Crippen LogP contribution in [-0.4, -0.2) is 53.1 Å². The van der Waals surface area contributed by atoms with Gasteiger partial charge in [0.25, 0.3) is 11.8 Å². The van der Waals surface area contributed by atoms with E-state index in [4.69, 9.17) is 0 Å². The number of anilines is 2. The standard InChI is InChI=1S/C26H26F3N5O2/c1-2-5-18-8-10-19(11-9-18)30-24(35)22-12-13-23(32-31-22)33-14-16-34(17-15-33)25(36)20-6-3-4-7-21(20)26(27,28)29/h3-4,6-13H,2,5,14-17H2,1H3,(H,30,35). The Kier molecular flexibility index (Phi) is 7.52. The van der Waals surface area contributed by atoms with Crippen LogP contribution in [0.3, 0.4) is 0 Å². The average molecular weight is 498 g/mol. The van der Waals surface area contributed by atoms with Gasteiger partial charge in [-0.15, -0.1) is 10.2 Å². The first kappa shape index (κ1) is 25.2. The first-order valence-electron chi connectivity index (χ1n) is 11.7. The number of nitrogens with one attached hydrogen (secondary N) is 1. The molecule has 0 unspecified atom stereocenters. The third-order valence-corrected chi connectivity index (χ3v) is 5.99. The van der Waals surface area contributed by atoms with E-state index in [-0.39, 0.29) is 30.3 Å². The van der Waals surface area contributed by atoms with Crippen LogP contribution in [0.25, 0.3) is 0 Å². The van der Waals surface area contributed by atoms with Gasteiger partial charge in [-0.05, 0) is 48.4 Å². The minimum Gasteiger partial charge on any atom is -0.352 e. The lowest BCUT2D eigenvalue weighted by atomic mass is 10.1. The summed E-state index contributed by atoms with van der Waals surface area (Å²) in [6.07, 6.45) is -2.58. The molecule has 1 aliphatic heterocycles. The smallest absolute Gasteiger partial charge is 0.352 e. The quantitative estimate of drug-likeness (QED) is 0.536. The van der Waals surface area contributed by atoms with Gasteiger partial charge < -0.3 is 15.1 Å². The number of nitrogens with zero attached hydrogens (tertiary/aromatic N) is 4. The normalized spacial score (nSPS) is 14.0. The topological polar surface area (TPSA) is 78.4 Å². The number of piperazine rings is 1. The van der Waals surface area contributed by atoms with Crippen LogP contribution < -0.4 is 10.2 Å². The Hall–Kier alpha value is -3.95. The van der Waals surface area contributed by atoms with E-state index in [1.165, 1.54) is 28.7 Å². The summed E-state index contributed by atoms with van der Waals surface area (Å²) in [5.74, 6) is -0.502. The van der Waals surface area contributed by atoms with Crippen LogP contribution in [0.1, 0.15) is 45.3 Å². The molecule has 1 fully saturated rings. The van der Waals surface area contributed by atoms with Crippen LogP contribution in [0.5, 0.6) is 0 Å². The Labute approximate surface area is 206 Å². The second kappa shape index (κ2) is 10.8. The summed E-state index contributed by atoms with van der Waals surface area (Å²) in [7, 11) is 0. The van der Waals surface area contributed by atoms with E-state index in [2.05, 4.69) is 22.4 Å². The van der Waals surface area contributed by atoms with Gasteiger partial charge in [0.2, 0.25) is 0 Å². The summed E-state index contributed by atoms with van der Waals surface area (Å²) >= 11 is 0. The molecule has 0 aliphatic carbocycles. The highest BCUT2D eigenvalue weighted by Crippen LogP contribution is 2.32. The fourth-order valence-corrected chi connectivity index (χ4v) is 4.08. The van der Waals surface area contributed by atoms with Gasteiger partial charge in [0.1, 0.15) is 0 Å². The minimum atomic E-state index is -4.60. The van der Waals surface area contributed by atoms with Gasteiger partial charge in [-0.25, -0.2) is 0 Å². The maximum Gasteiger partial charge on any atom is 0.417 e. The van der Waals surface area contributed by atoms with Crippen molar-refractivity contribution < 1.29 is 22.8 Å². The number of aromatic nitrogens is 2. The molecule has 1 aromatic heterocycles. The van der Waals surface area contributed by atoms with Crippen molar-refractivity contribution in [3.63, 3.8) is 0 Å². The SMILES string of the molecule is CCCc1ccc(NC(=O)c2ccc(N3CCN(C(=O)c4ccccc4C(F)(F)F)CC3)nn2)cc1. The molecule has 0 radical (unpaired) electrons. The van der Waals surface area contributed by atoms with Crippen molar-refractivity contribution in [1.82, 2.24) is 15.1 Å². The minimum absolute atomic E-state index is 0.161. The zero-order chi connectivity index (χ0) is 25.7. The number of hydrogen-bond acceptors (Lipinski definition) is 5. The van der Waals surface area contributed by atoms with Crippen molar-refractivity contribution in [3.8, 4) is 0 Å². The summed E-state index contributed by atoms with van der Waals surface area (Å²) in [6.45, 7) is 3.34. The van der Waals surface area contributed by atoms with E-state index in [1.54, 1.807) is 12.1 Å². The lowest BCUT2D eigenvalue weighted by molar-refractivity contribution is -0.138. The molecule has 0 saturated carbocycles. The van der Waals surface area contributed by atoms with E-state index in [9.17, 15) is 22.8 Å². The van der Waals surface area contributed by atoms with Crippen molar-refractivity contribution in [2.24, 2.45) is 0 Å². The highest BCUT2D eigenvalue weighted by Gasteiger charge is 2.36. The van der Waals surface area contributed by atoms with Crippen LogP contribution >= 0.6 is 0 Å². The Bertz CT molecular complexity index is 1210. The summed E-state index contributed by atoms with van der Waals surface area (Å²) in [5.41, 5.74) is 0.737. The third kappa shape index (κ3) is 5.81. The van der Waals surface area contributed by atoms with Gasteiger partial charge in [-0.1, -0.05) is 37.6 Å². The molecule has 3 aromatic rings. The van der Waals surface area contributed by atoms with Crippen molar-refractivity contribution in [3.05, 3.63) is 83.0 Å². The van der Waals surface area contributed by atoms with Gasteiger partial charge in [-0.3, -0.25) is 9.59 Å². The monoisotopic (exact) mass is 497 g/mol. The van der Waals surface area contributed by atoms with Crippen LogP contribution in [-0.2, 0) is 12.6 Å². The summed E-state index contributed by atoms with van der Waals surface area (Å²) in [5, 5.41) is 11.0. The number of carbonyl (C=O) groups is 2. The molecular weight excluding hydrogens is 471 g/mol. The Morgan fingerprint density at radius 2 is 1.61 bits per heavy atom. The summed E-state index contributed by atoms with van der Waals surface area (Å²) in [6, 6.07) is 15.7. The number of aryl methyl sites for hydroxylation is 1. The Morgan fingerprint density at radius 1 is 0.917 bits per heavy atom. The van der Waals surface area contributed by atoms with E-state index in [1.807, 2.05) is 29.2 Å². The molecule has 0 bridgehead atoms. The van der Waals surface area contributed by atoms with Crippen LogP contribution in [0.15, 0.2) is 60.7 Å². The molecule has 36 heavy (non-hydrogen) atoms. The zero-order valence-electron chi connectivity index (χ0n) is 19.8. The number of amides is 2. The molecule has 1 N–H and O–H groups in total. The van der Waals surface area contributed by atoms with Crippen molar-refractivity contribution in [2.45, 2.75) is 25.9 Å². The molecule has 10 heteroatoms. The molecule has 2 amide bonds. The number of halogens is 3. The number of rotatable bonds is 6. The molecular formula is C26H26F3N5O2. The van der Waals surface area contributed by atoms with Gasteiger partial charge in [-0.2, -0.15) is 13.2 Å². The van der Waals surface area contributed by atoms with Gasteiger partial charge in [0, 0.05) is 31.9 Å². The first-order chi connectivity index (χ1) is 17.3. The average Bonchev–Trinajstić information content (AvgIpc) is 2.89. The van der Waals surface area contributed by atoms with E-state index >= 15 is 0 Å². The lowest BCUT2D eigenvalue weighted by Crippen LogP contribution is -2.49. The largest absolute Gasteiger partial charge is 0.417 e. The Balaban J connectivity index is 1.34. The predicted molar refractivity (Wildman–Crippen MR) is 130 cm³/mol. The third-order valence-electron chi connectivity index (χ3n) is 5.99. The van der Waals surface area contributed by atoms with Crippen molar-refractivity contribution in [2.75, 3.05) is 36.4 Å². The molecule has 188 valence electrons. The highest BCUT2D eigenvalue weighted by atomic mass is 19.4. The van der Waals surface area contributed by atoms with E-state index in [0.717, 1.165) is 18.9 Å². The predicted octanol–water partition coefficient (Wildman–Crippen LogP) is 4.66. The maximum absolute atomic E-state index is 13.3. The summed E-state index contributed by atoms with van der Waals surface area (Å²) in [4.78, 5) is 28.6. The van der Waals surface area contributed by atoms with Gasteiger partial charge >= 0.3 is 6.18 Å². The van der Waals surface area contributed by atoms with Gasteiger partial charge in [0.15, 0.2) is 11.5 Å². The van der Waals surface area contributed by atoms with E-state index in [0.29, 0.717) is 24.6 Å². The highest BCUT2D eigenvalue weighted by molar-refractivity contribution is 6.02. The van der Waals surface area contributed by atoms with Crippen molar-refractivity contribution >= 4 is 23.3 Å². The lowest BCUT2D eigenvalue weighted by Gasteiger charge is -2.35. The first-order valence-corrected chi connectivity index (χ1v) is 11.7. The van der Waals surface area contributed by atoms with Crippen molar-refractivity contribution in [1.29, 1.82) is 0 Å². The Morgan fingerprint density at radius 3 is 2.22 bits per heavy atom. The van der Waals surface area contributed by atoms with Crippen LogP contribution in [0, 0.1) is 0 Å². The molecule has 4 rings (SSSR count). The second-order valence-electron chi connectivity index (χ2n) is 8.50. The van der Waals surface area contributed by atoms with Crippen LogP contribution in [0.4, 0.5) is 24.7 Å². The molecule has 1 saturated heterocycles. The number of alkyl halides is 3. The number of carbonyl (C=O) groups excluding carboxylic acids is 2. The van der Waals surface area contributed by atoms with Gasteiger partial charge in [0.05, 0.1) is 11.1 Å².